The molecule has 0 saturated carbocycles. The van der Waals surface area contributed by atoms with Crippen molar-refractivity contribution in [1.29, 1.82) is 0 Å². The third-order valence-corrected chi connectivity index (χ3v) is 4.02. The van der Waals surface area contributed by atoms with E-state index in [9.17, 15) is 9.59 Å². The predicted molar refractivity (Wildman–Crippen MR) is 59.6 cm³/mol. The van der Waals surface area contributed by atoms with Crippen molar-refractivity contribution in [3.8, 4) is 0 Å². The van der Waals surface area contributed by atoms with Gasteiger partial charge < -0.3 is 4.74 Å². The number of hydrogen-bond donors (Lipinski definition) is 0. The Hall–Kier alpha value is -1.38. The molecule has 3 unspecified atom stereocenters. The fourth-order valence-electron chi connectivity index (χ4n) is 2.67. The molecule has 0 bridgehead atoms. The number of allylic oxidation sites excluding steroid dienone is 4. The highest BCUT2D eigenvalue weighted by molar-refractivity contribution is 6.11. The van der Waals surface area contributed by atoms with Crippen LogP contribution < -0.4 is 0 Å². The van der Waals surface area contributed by atoms with Crippen LogP contribution in [0.2, 0.25) is 0 Å². The third kappa shape index (κ3) is 1.27. The van der Waals surface area contributed by atoms with Gasteiger partial charge in [0.1, 0.15) is 0 Å². The van der Waals surface area contributed by atoms with Crippen molar-refractivity contribution in [1.82, 2.24) is 0 Å². The Kier molecular flexibility index (Phi) is 2.49. The van der Waals surface area contributed by atoms with Crippen LogP contribution in [0.4, 0.5) is 0 Å². The molecule has 0 amide bonds. The Balaban J connectivity index is 2.52. The molecule has 86 valence electrons. The van der Waals surface area contributed by atoms with Crippen LogP contribution in [-0.4, -0.2) is 18.7 Å². The summed E-state index contributed by atoms with van der Waals surface area (Å²) in [5.74, 6) is 0.0120. The van der Waals surface area contributed by atoms with E-state index < -0.39 is 5.41 Å². The Morgan fingerprint density at radius 3 is 2.75 bits per heavy atom. The summed E-state index contributed by atoms with van der Waals surface area (Å²) in [6, 6.07) is 0. The summed E-state index contributed by atoms with van der Waals surface area (Å²) in [7, 11) is 1.43. The second-order valence-electron chi connectivity index (χ2n) is 4.73. The molecule has 3 heteroatoms. The monoisotopic (exact) mass is 220 g/mol. The van der Waals surface area contributed by atoms with Gasteiger partial charge in [0.05, 0.1) is 12.5 Å². The van der Waals surface area contributed by atoms with Gasteiger partial charge in [-0.15, -0.1) is 0 Å². The summed E-state index contributed by atoms with van der Waals surface area (Å²) in [6.45, 7) is 3.85. The number of ketones is 2. The Labute approximate surface area is 95.2 Å². The van der Waals surface area contributed by atoms with E-state index in [1.807, 2.05) is 26.0 Å². The van der Waals surface area contributed by atoms with Crippen molar-refractivity contribution in [3.05, 3.63) is 24.0 Å². The van der Waals surface area contributed by atoms with E-state index in [4.69, 9.17) is 4.74 Å². The first-order chi connectivity index (χ1) is 7.51. The van der Waals surface area contributed by atoms with E-state index in [0.29, 0.717) is 6.42 Å². The minimum absolute atomic E-state index is 0.00940. The molecule has 2 aliphatic rings. The second kappa shape index (κ2) is 3.58. The highest BCUT2D eigenvalue weighted by Crippen LogP contribution is 2.47. The summed E-state index contributed by atoms with van der Waals surface area (Å²) in [5, 5.41) is 0. The molecule has 0 heterocycles. The van der Waals surface area contributed by atoms with Crippen molar-refractivity contribution < 1.29 is 14.3 Å². The normalized spacial score (nSPS) is 38.1. The van der Waals surface area contributed by atoms with Crippen molar-refractivity contribution in [3.63, 3.8) is 0 Å². The number of fused-ring (bicyclic) bond motifs is 1. The van der Waals surface area contributed by atoms with Crippen LogP contribution in [0.1, 0.15) is 20.3 Å². The first-order valence-electron chi connectivity index (χ1n) is 5.52. The predicted octanol–water partition coefficient (Wildman–Crippen LogP) is 1.89. The van der Waals surface area contributed by atoms with Crippen molar-refractivity contribution in [2.75, 3.05) is 7.11 Å². The maximum atomic E-state index is 12.3. The highest BCUT2D eigenvalue weighted by Gasteiger charge is 2.52. The Bertz CT molecular complexity index is 405. The van der Waals surface area contributed by atoms with Crippen LogP contribution >= 0.6 is 0 Å². The standard InChI is InChI=1S/C13H16O3/c1-8-5-4-6-9-10(14)7-11(16-3)12(15)13(8,9)2/h4-5,7-9H,6H2,1-3H3. The van der Waals surface area contributed by atoms with Gasteiger partial charge in [-0.3, -0.25) is 9.59 Å². The van der Waals surface area contributed by atoms with Gasteiger partial charge in [0.2, 0.25) is 5.78 Å². The number of rotatable bonds is 1. The molecule has 0 saturated heterocycles. The van der Waals surface area contributed by atoms with E-state index in [1.165, 1.54) is 13.2 Å². The zero-order chi connectivity index (χ0) is 11.9. The molecule has 0 aromatic carbocycles. The largest absolute Gasteiger partial charge is 0.493 e. The van der Waals surface area contributed by atoms with Gasteiger partial charge in [0, 0.05) is 12.0 Å². The van der Waals surface area contributed by atoms with Gasteiger partial charge in [0.25, 0.3) is 0 Å². The molecular formula is C13H16O3. The second-order valence-corrected chi connectivity index (χ2v) is 4.73. The smallest absolute Gasteiger partial charge is 0.204 e. The molecule has 0 spiro atoms. The van der Waals surface area contributed by atoms with Gasteiger partial charge in [0.15, 0.2) is 11.5 Å². The summed E-state index contributed by atoms with van der Waals surface area (Å²) in [5.41, 5.74) is -0.633. The molecule has 0 aliphatic heterocycles. The third-order valence-electron chi connectivity index (χ3n) is 4.02. The molecule has 3 atom stereocenters. The molecule has 0 aromatic heterocycles. The van der Waals surface area contributed by atoms with Gasteiger partial charge in [-0.1, -0.05) is 26.0 Å². The summed E-state index contributed by atoms with van der Waals surface area (Å²) >= 11 is 0. The van der Waals surface area contributed by atoms with E-state index in [1.54, 1.807) is 0 Å². The van der Waals surface area contributed by atoms with E-state index in [-0.39, 0.29) is 29.2 Å². The van der Waals surface area contributed by atoms with Crippen molar-refractivity contribution >= 4 is 11.6 Å². The molecule has 2 rings (SSSR count). The molecule has 16 heavy (non-hydrogen) atoms. The van der Waals surface area contributed by atoms with Gasteiger partial charge >= 0.3 is 0 Å². The Morgan fingerprint density at radius 1 is 1.44 bits per heavy atom. The minimum Gasteiger partial charge on any atom is -0.493 e. The first-order valence-corrected chi connectivity index (χ1v) is 5.52. The minimum atomic E-state index is -0.633. The molecule has 0 N–H and O–H groups in total. The zero-order valence-electron chi connectivity index (χ0n) is 9.82. The molecule has 0 fully saturated rings. The highest BCUT2D eigenvalue weighted by atomic mass is 16.5. The molecule has 0 radical (unpaired) electrons. The molecule has 2 aliphatic carbocycles. The fraction of sp³-hybridized carbons (Fsp3) is 0.538. The van der Waals surface area contributed by atoms with Crippen LogP contribution in [-0.2, 0) is 14.3 Å². The van der Waals surface area contributed by atoms with Crippen LogP contribution in [0, 0.1) is 17.3 Å². The fourth-order valence-corrected chi connectivity index (χ4v) is 2.67. The number of hydrogen-bond acceptors (Lipinski definition) is 3. The summed E-state index contributed by atoms with van der Waals surface area (Å²) < 4.78 is 5.00. The topological polar surface area (TPSA) is 43.4 Å². The summed E-state index contributed by atoms with van der Waals surface area (Å²) in [4.78, 5) is 24.2. The number of carbonyl (C=O) groups is 2. The van der Waals surface area contributed by atoms with Gasteiger partial charge in [-0.05, 0) is 12.3 Å². The number of methoxy groups -OCH3 is 1. The maximum Gasteiger partial charge on any atom is 0.204 e. The van der Waals surface area contributed by atoms with Crippen molar-refractivity contribution in [2.24, 2.45) is 17.3 Å². The SMILES string of the molecule is COC1=CC(=O)C2CC=CC(C)C2(C)C1=O. The van der Waals surface area contributed by atoms with Crippen LogP contribution in [0.15, 0.2) is 24.0 Å². The Morgan fingerprint density at radius 2 is 2.12 bits per heavy atom. The van der Waals surface area contributed by atoms with Crippen molar-refractivity contribution in [2.45, 2.75) is 20.3 Å². The molecule has 0 aromatic rings. The lowest BCUT2D eigenvalue weighted by Crippen LogP contribution is -2.49. The lowest BCUT2D eigenvalue weighted by molar-refractivity contribution is -0.141. The first kappa shape index (κ1) is 11.1. The average Bonchev–Trinajstić information content (AvgIpc) is 2.27. The number of ether oxygens (including phenoxy) is 1. The van der Waals surface area contributed by atoms with Crippen LogP contribution in [0.3, 0.4) is 0 Å². The summed E-state index contributed by atoms with van der Waals surface area (Å²) in [6.07, 6.45) is 6.01. The number of carbonyl (C=O) groups excluding carboxylic acids is 2. The van der Waals surface area contributed by atoms with E-state index in [2.05, 4.69) is 0 Å². The lowest BCUT2D eigenvalue weighted by atomic mass is 9.58. The van der Waals surface area contributed by atoms with E-state index >= 15 is 0 Å². The van der Waals surface area contributed by atoms with Gasteiger partial charge in [-0.2, -0.15) is 0 Å². The zero-order valence-corrected chi connectivity index (χ0v) is 9.82. The van der Waals surface area contributed by atoms with Crippen LogP contribution in [0.25, 0.3) is 0 Å². The molecular weight excluding hydrogens is 204 g/mol. The average molecular weight is 220 g/mol. The van der Waals surface area contributed by atoms with E-state index in [0.717, 1.165) is 0 Å². The number of Topliss-reactive ketones (excluding diaryl/α,β-unsaturated/α-hetero) is 1. The van der Waals surface area contributed by atoms with Crippen LogP contribution in [0.5, 0.6) is 0 Å². The lowest BCUT2D eigenvalue weighted by Gasteiger charge is -2.43. The molecule has 3 nitrogen and oxygen atoms in total. The van der Waals surface area contributed by atoms with Gasteiger partial charge in [-0.25, -0.2) is 0 Å². The maximum absolute atomic E-state index is 12.3. The quantitative estimate of drug-likeness (QED) is 0.634.